The molecule has 2 rings (SSSR count). The smallest absolute Gasteiger partial charge is 0.133 e. The molecule has 0 bridgehead atoms. The number of aryl methyl sites for hydroxylation is 1. The molecule has 0 spiro atoms. The number of halogens is 2. The number of benzene rings is 2. The average molecular weight is 219 g/mol. The van der Waals surface area contributed by atoms with Gasteiger partial charge in [0.05, 0.1) is 5.56 Å². The standard InChI is InChI=1S/C13H11F2N/c1-8-5-6-9(16)7-10(8)13-11(14)3-2-4-12(13)15/h2-7H,16H2,1H3. The number of hydrogen-bond acceptors (Lipinski definition) is 1. The van der Waals surface area contributed by atoms with Crippen LogP contribution in [-0.4, -0.2) is 0 Å². The van der Waals surface area contributed by atoms with Crippen LogP contribution in [0.3, 0.4) is 0 Å². The second kappa shape index (κ2) is 3.93. The second-order valence-corrected chi connectivity index (χ2v) is 3.67. The van der Waals surface area contributed by atoms with Gasteiger partial charge in [-0.1, -0.05) is 12.1 Å². The Hall–Kier alpha value is -1.90. The maximum atomic E-state index is 13.6. The van der Waals surface area contributed by atoms with E-state index in [2.05, 4.69) is 0 Å². The molecule has 0 aliphatic carbocycles. The Morgan fingerprint density at radius 2 is 1.62 bits per heavy atom. The molecule has 2 aromatic rings. The molecule has 0 saturated carbocycles. The predicted octanol–water partition coefficient (Wildman–Crippen LogP) is 3.52. The third-order valence-electron chi connectivity index (χ3n) is 2.49. The molecular formula is C13H11F2N. The van der Waals surface area contributed by atoms with E-state index in [1.807, 2.05) is 0 Å². The summed E-state index contributed by atoms with van der Waals surface area (Å²) in [4.78, 5) is 0. The molecule has 0 fully saturated rings. The van der Waals surface area contributed by atoms with Crippen LogP contribution in [0.25, 0.3) is 11.1 Å². The van der Waals surface area contributed by atoms with Gasteiger partial charge >= 0.3 is 0 Å². The summed E-state index contributed by atoms with van der Waals surface area (Å²) >= 11 is 0. The topological polar surface area (TPSA) is 26.0 Å². The summed E-state index contributed by atoms with van der Waals surface area (Å²) in [6.45, 7) is 1.79. The highest BCUT2D eigenvalue weighted by atomic mass is 19.1. The molecule has 0 unspecified atom stereocenters. The highest BCUT2D eigenvalue weighted by molar-refractivity contribution is 5.71. The summed E-state index contributed by atoms with van der Waals surface area (Å²) in [5, 5.41) is 0. The first-order valence-corrected chi connectivity index (χ1v) is 4.90. The van der Waals surface area contributed by atoms with Crippen molar-refractivity contribution in [1.82, 2.24) is 0 Å². The van der Waals surface area contributed by atoms with E-state index < -0.39 is 11.6 Å². The fourth-order valence-electron chi connectivity index (χ4n) is 1.66. The van der Waals surface area contributed by atoms with Crippen molar-refractivity contribution >= 4 is 5.69 Å². The molecule has 16 heavy (non-hydrogen) atoms. The van der Waals surface area contributed by atoms with Gasteiger partial charge in [-0.2, -0.15) is 0 Å². The third-order valence-corrected chi connectivity index (χ3v) is 2.49. The normalized spacial score (nSPS) is 10.4. The molecule has 0 aliphatic rings. The van der Waals surface area contributed by atoms with Crippen molar-refractivity contribution in [2.45, 2.75) is 6.92 Å². The van der Waals surface area contributed by atoms with Gasteiger partial charge in [0.1, 0.15) is 11.6 Å². The van der Waals surface area contributed by atoms with Gasteiger partial charge in [0.25, 0.3) is 0 Å². The lowest BCUT2D eigenvalue weighted by Gasteiger charge is -2.09. The van der Waals surface area contributed by atoms with E-state index in [0.29, 0.717) is 11.3 Å². The van der Waals surface area contributed by atoms with Crippen LogP contribution >= 0.6 is 0 Å². The predicted molar refractivity (Wildman–Crippen MR) is 60.9 cm³/mol. The van der Waals surface area contributed by atoms with Crippen molar-refractivity contribution < 1.29 is 8.78 Å². The number of nitrogen functional groups attached to an aromatic ring is 1. The largest absolute Gasteiger partial charge is 0.399 e. The van der Waals surface area contributed by atoms with Crippen molar-refractivity contribution in [3.63, 3.8) is 0 Å². The van der Waals surface area contributed by atoms with Crippen LogP contribution in [-0.2, 0) is 0 Å². The lowest BCUT2D eigenvalue weighted by Crippen LogP contribution is -1.94. The molecule has 0 radical (unpaired) electrons. The Labute approximate surface area is 92.5 Å². The Morgan fingerprint density at radius 1 is 1.00 bits per heavy atom. The van der Waals surface area contributed by atoms with E-state index in [4.69, 9.17) is 5.73 Å². The Morgan fingerprint density at radius 3 is 2.25 bits per heavy atom. The van der Waals surface area contributed by atoms with Gasteiger partial charge in [0.2, 0.25) is 0 Å². The highest BCUT2D eigenvalue weighted by Crippen LogP contribution is 2.30. The first kappa shape index (κ1) is 10.6. The lowest BCUT2D eigenvalue weighted by atomic mass is 9.99. The zero-order valence-corrected chi connectivity index (χ0v) is 8.80. The van der Waals surface area contributed by atoms with Gasteiger partial charge in [0.15, 0.2) is 0 Å². The summed E-state index contributed by atoms with van der Waals surface area (Å²) in [6.07, 6.45) is 0. The van der Waals surface area contributed by atoms with Crippen molar-refractivity contribution in [1.29, 1.82) is 0 Å². The molecule has 3 heteroatoms. The van der Waals surface area contributed by atoms with E-state index in [-0.39, 0.29) is 5.56 Å². The van der Waals surface area contributed by atoms with Crippen LogP contribution in [0.1, 0.15) is 5.56 Å². The summed E-state index contributed by atoms with van der Waals surface area (Å²) < 4.78 is 27.1. The van der Waals surface area contributed by atoms with Crippen molar-refractivity contribution in [2.24, 2.45) is 0 Å². The van der Waals surface area contributed by atoms with Gasteiger partial charge in [-0.25, -0.2) is 8.78 Å². The van der Waals surface area contributed by atoms with Crippen molar-refractivity contribution in [2.75, 3.05) is 5.73 Å². The highest BCUT2D eigenvalue weighted by Gasteiger charge is 2.12. The fraction of sp³-hybridized carbons (Fsp3) is 0.0769. The quantitative estimate of drug-likeness (QED) is 0.729. The summed E-state index contributed by atoms with van der Waals surface area (Å²) in [5.41, 5.74) is 7.37. The zero-order chi connectivity index (χ0) is 11.7. The Balaban J connectivity index is 2.72. The molecule has 2 N–H and O–H groups in total. The van der Waals surface area contributed by atoms with Gasteiger partial charge < -0.3 is 5.73 Å². The van der Waals surface area contributed by atoms with Crippen molar-refractivity contribution in [3.05, 3.63) is 53.6 Å². The maximum absolute atomic E-state index is 13.6. The van der Waals surface area contributed by atoms with Crippen molar-refractivity contribution in [3.8, 4) is 11.1 Å². The van der Waals surface area contributed by atoms with Gasteiger partial charge in [-0.05, 0) is 42.3 Å². The average Bonchev–Trinajstić information content (AvgIpc) is 2.23. The van der Waals surface area contributed by atoms with Gasteiger partial charge in [-0.15, -0.1) is 0 Å². The number of nitrogens with two attached hydrogens (primary N) is 1. The van der Waals surface area contributed by atoms with E-state index in [1.54, 1.807) is 25.1 Å². The van der Waals surface area contributed by atoms with Crippen LogP contribution in [0.15, 0.2) is 36.4 Å². The molecule has 0 saturated heterocycles. The maximum Gasteiger partial charge on any atom is 0.133 e. The first-order chi connectivity index (χ1) is 7.59. The van der Waals surface area contributed by atoms with E-state index in [9.17, 15) is 8.78 Å². The van der Waals surface area contributed by atoms with Gasteiger partial charge in [-0.3, -0.25) is 0 Å². The number of hydrogen-bond donors (Lipinski definition) is 1. The lowest BCUT2D eigenvalue weighted by molar-refractivity contribution is 0.589. The molecule has 0 heterocycles. The van der Waals surface area contributed by atoms with Crippen LogP contribution in [0, 0.1) is 18.6 Å². The molecule has 0 atom stereocenters. The zero-order valence-electron chi connectivity index (χ0n) is 8.80. The minimum absolute atomic E-state index is 0.0210. The van der Waals surface area contributed by atoms with Crippen LogP contribution < -0.4 is 5.73 Å². The molecule has 0 amide bonds. The number of anilines is 1. The van der Waals surface area contributed by atoms with Crippen LogP contribution in [0.4, 0.5) is 14.5 Å². The molecule has 0 aliphatic heterocycles. The third kappa shape index (κ3) is 1.76. The minimum atomic E-state index is -0.575. The monoisotopic (exact) mass is 219 g/mol. The SMILES string of the molecule is Cc1ccc(N)cc1-c1c(F)cccc1F. The Bertz CT molecular complexity index is 515. The van der Waals surface area contributed by atoms with E-state index in [1.165, 1.54) is 18.2 Å². The molecule has 2 aromatic carbocycles. The van der Waals surface area contributed by atoms with E-state index in [0.717, 1.165) is 5.56 Å². The summed E-state index contributed by atoms with van der Waals surface area (Å²) in [6, 6.07) is 8.85. The summed E-state index contributed by atoms with van der Waals surface area (Å²) in [5.74, 6) is -1.15. The minimum Gasteiger partial charge on any atom is -0.399 e. The van der Waals surface area contributed by atoms with Crippen LogP contribution in [0.2, 0.25) is 0 Å². The Kier molecular flexibility index (Phi) is 2.60. The molecule has 82 valence electrons. The second-order valence-electron chi connectivity index (χ2n) is 3.67. The first-order valence-electron chi connectivity index (χ1n) is 4.90. The molecule has 1 nitrogen and oxygen atoms in total. The number of rotatable bonds is 1. The molecular weight excluding hydrogens is 208 g/mol. The molecule has 0 aromatic heterocycles. The van der Waals surface area contributed by atoms with E-state index >= 15 is 0 Å². The van der Waals surface area contributed by atoms with Gasteiger partial charge in [0, 0.05) is 5.69 Å². The summed E-state index contributed by atoms with van der Waals surface area (Å²) in [7, 11) is 0. The fourth-order valence-corrected chi connectivity index (χ4v) is 1.66. The van der Waals surface area contributed by atoms with Crippen LogP contribution in [0.5, 0.6) is 0 Å².